The molecule has 2 saturated heterocycles. The zero-order valence-corrected chi connectivity index (χ0v) is 16.2. The molecule has 2 aliphatic heterocycles. The first-order chi connectivity index (χ1) is 12.4. The second-order valence-corrected chi connectivity index (χ2v) is 8.29. The lowest BCUT2D eigenvalue weighted by atomic mass is 9.74. The third-order valence-electron chi connectivity index (χ3n) is 6.02. The summed E-state index contributed by atoms with van der Waals surface area (Å²) in [5.41, 5.74) is 1.98. The molecule has 5 nitrogen and oxygen atoms in total. The number of nitrogens with one attached hydrogen (secondary N) is 2. The molecular formula is C21H31N3O2. The van der Waals surface area contributed by atoms with Gasteiger partial charge in [0.05, 0.1) is 0 Å². The minimum absolute atomic E-state index is 0.125. The van der Waals surface area contributed by atoms with Crippen molar-refractivity contribution < 1.29 is 9.59 Å². The van der Waals surface area contributed by atoms with E-state index in [1.165, 1.54) is 11.1 Å². The fourth-order valence-corrected chi connectivity index (χ4v) is 4.30. The van der Waals surface area contributed by atoms with Crippen LogP contribution in [0.5, 0.6) is 0 Å². The Hall–Kier alpha value is -1.88. The summed E-state index contributed by atoms with van der Waals surface area (Å²) in [4.78, 5) is 26.9. The van der Waals surface area contributed by atoms with Crippen LogP contribution in [0, 0.1) is 18.8 Å². The van der Waals surface area contributed by atoms with E-state index in [2.05, 4.69) is 60.6 Å². The highest BCUT2D eigenvalue weighted by atomic mass is 16.2. The van der Waals surface area contributed by atoms with Gasteiger partial charge in [0.25, 0.3) is 5.91 Å². The van der Waals surface area contributed by atoms with Crippen LogP contribution in [0.25, 0.3) is 0 Å². The minimum atomic E-state index is -0.712. The summed E-state index contributed by atoms with van der Waals surface area (Å²) >= 11 is 0. The number of rotatable bonds is 6. The molecule has 0 radical (unpaired) electrons. The lowest BCUT2D eigenvalue weighted by molar-refractivity contribution is -0.127. The topological polar surface area (TPSA) is 61.4 Å². The normalized spacial score (nSPS) is 24.8. The number of urea groups is 1. The summed E-state index contributed by atoms with van der Waals surface area (Å²) in [6, 6.07) is 8.18. The van der Waals surface area contributed by atoms with Gasteiger partial charge < -0.3 is 5.32 Å². The van der Waals surface area contributed by atoms with Crippen LogP contribution in [0.1, 0.15) is 50.7 Å². The van der Waals surface area contributed by atoms with E-state index >= 15 is 0 Å². The van der Waals surface area contributed by atoms with Crippen LogP contribution in [0.3, 0.4) is 0 Å². The molecule has 2 heterocycles. The number of imide groups is 1. The highest BCUT2D eigenvalue weighted by molar-refractivity contribution is 6.07. The SMILES string of the molecule is Cc1ccccc1CN1CCC([C@@]2(CCC(C)C)NC(=O)NC2=O)CC1. The van der Waals surface area contributed by atoms with Gasteiger partial charge in [0.2, 0.25) is 0 Å². The highest BCUT2D eigenvalue weighted by Gasteiger charge is 2.51. The molecule has 3 rings (SSSR count). The van der Waals surface area contributed by atoms with Crippen molar-refractivity contribution in [1.82, 2.24) is 15.5 Å². The third-order valence-corrected chi connectivity index (χ3v) is 6.02. The van der Waals surface area contributed by atoms with E-state index in [1.54, 1.807) is 0 Å². The van der Waals surface area contributed by atoms with Crippen LogP contribution in [0.4, 0.5) is 4.79 Å². The number of carbonyl (C=O) groups excluding carboxylic acids is 2. The molecule has 1 aromatic rings. The van der Waals surface area contributed by atoms with Crippen LogP contribution in [0.15, 0.2) is 24.3 Å². The van der Waals surface area contributed by atoms with Gasteiger partial charge in [0, 0.05) is 6.54 Å². The Bertz CT molecular complexity index is 665. The standard InChI is InChI=1S/C21H31N3O2/c1-15(2)8-11-21(19(25)22-20(26)23-21)18-9-12-24(13-10-18)14-17-7-5-4-6-16(17)3/h4-7,15,18H,8-14H2,1-3H3,(H2,22,23,25,26)/t21-/m1/s1. The van der Waals surface area contributed by atoms with E-state index in [-0.39, 0.29) is 17.9 Å². The third kappa shape index (κ3) is 3.93. The minimum Gasteiger partial charge on any atom is -0.323 e. The summed E-state index contributed by atoms with van der Waals surface area (Å²) in [7, 11) is 0. The van der Waals surface area contributed by atoms with Gasteiger partial charge >= 0.3 is 6.03 Å². The molecule has 2 N–H and O–H groups in total. The largest absolute Gasteiger partial charge is 0.323 e. The van der Waals surface area contributed by atoms with Crippen molar-refractivity contribution in [1.29, 1.82) is 0 Å². The van der Waals surface area contributed by atoms with E-state index in [9.17, 15) is 9.59 Å². The number of hydrogen-bond acceptors (Lipinski definition) is 3. The predicted molar refractivity (Wildman–Crippen MR) is 103 cm³/mol. The van der Waals surface area contributed by atoms with Crippen molar-refractivity contribution in [3.63, 3.8) is 0 Å². The molecule has 0 bridgehead atoms. The molecule has 1 aromatic carbocycles. The number of likely N-dealkylation sites (tertiary alicyclic amines) is 1. The summed E-state index contributed by atoms with van der Waals surface area (Å²) < 4.78 is 0. The smallest absolute Gasteiger partial charge is 0.322 e. The Balaban J connectivity index is 1.65. The molecule has 2 aliphatic rings. The summed E-state index contributed by atoms with van der Waals surface area (Å²) in [5, 5.41) is 5.48. The molecule has 0 unspecified atom stereocenters. The first-order valence-electron chi connectivity index (χ1n) is 9.81. The van der Waals surface area contributed by atoms with Crippen molar-refractivity contribution in [3.05, 3.63) is 35.4 Å². The van der Waals surface area contributed by atoms with E-state index in [0.29, 0.717) is 5.92 Å². The lowest BCUT2D eigenvalue weighted by Crippen LogP contribution is -2.56. The maximum atomic E-state index is 12.6. The molecule has 0 aliphatic carbocycles. The van der Waals surface area contributed by atoms with E-state index in [4.69, 9.17) is 0 Å². The highest BCUT2D eigenvalue weighted by Crippen LogP contribution is 2.35. The monoisotopic (exact) mass is 357 g/mol. The van der Waals surface area contributed by atoms with Crippen LogP contribution in [-0.2, 0) is 11.3 Å². The fourth-order valence-electron chi connectivity index (χ4n) is 4.30. The summed E-state index contributed by atoms with van der Waals surface area (Å²) in [5.74, 6) is 0.597. The zero-order valence-electron chi connectivity index (χ0n) is 16.2. The van der Waals surface area contributed by atoms with Gasteiger partial charge in [0.1, 0.15) is 5.54 Å². The second kappa shape index (κ2) is 7.78. The molecule has 0 saturated carbocycles. The first-order valence-corrected chi connectivity index (χ1v) is 9.81. The van der Waals surface area contributed by atoms with Gasteiger partial charge in [-0.05, 0) is 68.7 Å². The van der Waals surface area contributed by atoms with Crippen molar-refractivity contribution in [2.24, 2.45) is 11.8 Å². The molecule has 142 valence electrons. The number of benzene rings is 1. The second-order valence-electron chi connectivity index (χ2n) is 8.29. The fraction of sp³-hybridized carbons (Fsp3) is 0.619. The van der Waals surface area contributed by atoms with Gasteiger partial charge in [-0.1, -0.05) is 38.1 Å². The Kier molecular flexibility index (Phi) is 5.66. The van der Waals surface area contributed by atoms with Crippen LogP contribution in [-0.4, -0.2) is 35.5 Å². The molecule has 0 spiro atoms. The van der Waals surface area contributed by atoms with E-state index in [0.717, 1.165) is 45.3 Å². The van der Waals surface area contributed by atoms with Crippen LogP contribution >= 0.6 is 0 Å². The van der Waals surface area contributed by atoms with Gasteiger partial charge in [0.15, 0.2) is 0 Å². The number of piperidine rings is 1. The molecular weight excluding hydrogens is 326 g/mol. The molecule has 2 fully saturated rings. The lowest BCUT2D eigenvalue weighted by Gasteiger charge is -2.41. The molecule has 3 amide bonds. The molecule has 26 heavy (non-hydrogen) atoms. The zero-order chi connectivity index (χ0) is 18.7. The van der Waals surface area contributed by atoms with Gasteiger partial charge in [-0.3, -0.25) is 15.0 Å². The Morgan fingerprint density at radius 3 is 2.46 bits per heavy atom. The van der Waals surface area contributed by atoms with Gasteiger partial charge in [-0.2, -0.15) is 0 Å². The molecule has 5 heteroatoms. The summed E-state index contributed by atoms with van der Waals surface area (Å²) in [6.45, 7) is 9.36. The van der Waals surface area contributed by atoms with Crippen molar-refractivity contribution in [3.8, 4) is 0 Å². The number of hydrogen-bond donors (Lipinski definition) is 2. The van der Waals surface area contributed by atoms with Crippen molar-refractivity contribution in [2.45, 2.75) is 58.5 Å². The summed E-state index contributed by atoms with van der Waals surface area (Å²) in [6.07, 6.45) is 3.55. The first kappa shape index (κ1) is 18.9. The molecule has 1 atom stereocenters. The van der Waals surface area contributed by atoms with Crippen molar-refractivity contribution >= 4 is 11.9 Å². The number of aryl methyl sites for hydroxylation is 1. The molecule has 0 aromatic heterocycles. The van der Waals surface area contributed by atoms with Gasteiger partial charge in [-0.15, -0.1) is 0 Å². The van der Waals surface area contributed by atoms with Crippen LogP contribution in [0.2, 0.25) is 0 Å². The average molecular weight is 357 g/mol. The quantitative estimate of drug-likeness (QED) is 0.769. The number of nitrogens with zero attached hydrogens (tertiary/aromatic N) is 1. The maximum absolute atomic E-state index is 12.6. The van der Waals surface area contributed by atoms with Gasteiger partial charge in [-0.25, -0.2) is 4.79 Å². The van der Waals surface area contributed by atoms with Crippen molar-refractivity contribution in [2.75, 3.05) is 13.1 Å². The van der Waals surface area contributed by atoms with E-state index in [1.807, 2.05) is 0 Å². The average Bonchev–Trinajstić information content (AvgIpc) is 2.90. The Morgan fingerprint density at radius 1 is 1.19 bits per heavy atom. The number of carbonyl (C=O) groups is 2. The maximum Gasteiger partial charge on any atom is 0.322 e. The Morgan fingerprint density at radius 2 is 1.88 bits per heavy atom. The van der Waals surface area contributed by atoms with E-state index < -0.39 is 5.54 Å². The predicted octanol–water partition coefficient (Wildman–Crippen LogP) is 3.22. The van der Waals surface area contributed by atoms with Crippen LogP contribution < -0.4 is 10.6 Å². The Labute approximate surface area is 156 Å². The number of amides is 3.